The van der Waals surface area contributed by atoms with E-state index in [0.29, 0.717) is 41.1 Å². The van der Waals surface area contributed by atoms with Crippen LogP contribution in [0.4, 0.5) is 13.2 Å². The predicted molar refractivity (Wildman–Crippen MR) is 114 cm³/mol. The molecule has 160 valence electrons. The van der Waals surface area contributed by atoms with Crippen LogP contribution < -0.4 is 10.1 Å². The predicted octanol–water partition coefficient (Wildman–Crippen LogP) is 5.37. The molecule has 31 heavy (non-hydrogen) atoms. The third-order valence-electron chi connectivity index (χ3n) is 4.76. The molecule has 9 heteroatoms. The number of nitrogens with one attached hydrogen (secondary N) is 1. The average Bonchev–Trinajstić information content (AvgIpc) is 3.09. The van der Waals surface area contributed by atoms with Crippen LogP contribution in [0.2, 0.25) is 0 Å². The Labute approximate surface area is 179 Å². The van der Waals surface area contributed by atoms with Crippen LogP contribution in [0.15, 0.2) is 48.7 Å². The normalized spacial score (nSPS) is 11.7. The number of aryl methyl sites for hydroxylation is 1. The largest absolute Gasteiger partial charge is 0.491 e. The van der Waals surface area contributed by atoms with Crippen molar-refractivity contribution in [1.29, 1.82) is 0 Å². The van der Waals surface area contributed by atoms with E-state index < -0.39 is 11.9 Å². The van der Waals surface area contributed by atoms with E-state index in [1.54, 1.807) is 13.1 Å². The molecular weight excluding hydrogens is 427 g/mol. The third-order valence-corrected chi connectivity index (χ3v) is 5.96. The molecule has 0 atom stereocenters. The molecule has 3 aromatic heterocycles. The van der Waals surface area contributed by atoms with Gasteiger partial charge in [-0.3, -0.25) is 9.78 Å². The van der Waals surface area contributed by atoms with Gasteiger partial charge < -0.3 is 10.1 Å². The minimum Gasteiger partial charge on any atom is -0.491 e. The van der Waals surface area contributed by atoms with E-state index in [1.807, 2.05) is 30.3 Å². The monoisotopic (exact) mass is 445 g/mol. The molecule has 0 saturated heterocycles. The number of carbonyl (C=O) groups excluding carboxylic acids is 1. The highest BCUT2D eigenvalue weighted by Gasteiger charge is 2.33. The highest BCUT2D eigenvalue weighted by atomic mass is 32.1. The lowest BCUT2D eigenvalue weighted by molar-refractivity contribution is -0.140. The number of aromatic nitrogens is 2. The number of fused-ring (bicyclic) bond motifs is 2. The molecule has 1 N–H and O–H groups in total. The highest BCUT2D eigenvalue weighted by molar-refractivity contribution is 7.20. The van der Waals surface area contributed by atoms with E-state index in [0.717, 1.165) is 28.3 Å². The van der Waals surface area contributed by atoms with Crippen molar-refractivity contribution in [2.24, 2.45) is 0 Å². The van der Waals surface area contributed by atoms with Gasteiger partial charge in [0.15, 0.2) is 0 Å². The molecule has 0 aliphatic rings. The highest BCUT2D eigenvalue weighted by Crippen LogP contribution is 2.34. The molecule has 0 unspecified atom stereocenters. The van der Waals surface area contributed by atoms with E-state index in [1.165, 1.54) is 6.07 Å². The van der Waals surface area contributed by atoms with Gasteiger partial charge in [-0.05, 0) is 43.2 Å². The molecule has 0 spiro atoms. The van der Waals surface area contributed by atoms with Gasteiger partial charge in [0.1, 0.15) is 21.8 Å². The minimum atomic E-state index is -4.52. The van der Waals surface area contributed by atoms with Crippen molar-refractivity contribution in [3.05, 3.63) is 64.8 Å². The summed E-state index contributed by atoms with van der Waals surface area (Å²) in [5.41, 5.74) is 0.436. The van der Waals surface area contributed by atoms with Gasteiger partial charge in [0.05, 0.1) is 11.5 Å². The van der Waals surface area contributed by atoms with E-state index >= 15 is 0 Å². The van der Waals surface area contributed by atoms with Crippen molar-refractivity contribution in [3.8, 4) is 5.75 Å². The number of hydrogen-bond donors (Lipinski definition) is 1. The van der Waals surface area contributed by atoms with Gasteiger partial charge in [-0.2, -0.15) is 13.2 Å². The molecule has 1 aromatic carbocycles. The van der Waals surface area contributed by atoms with Crippen LogP contribution >= 0.6 is 11.3 Å². The zero-order valence-electron chi connectivity index (χ0n) is 16.5. The van der Waals surface area contributed by atoms with Gasteiger partial charge in [-0.1, -0.05) is 18.2 Å². The van der Waals surface area contributed by atoms with E-state index in [4.69, 9.17) is 4.74 Å². The van der Waals surface area contributed by atoms with Crippen LogP contribution in [-0.4, -0.2) is 29.0 Å². The minimum absolute atomic E-state index is 0.198. The Morgan fingerprint density at radius 2 is 1.97 bits per heavy atom. The number of amides is 1. The van der Waals surface area contributed by atoms with Crippen LogP contribution in [0.3, 0.4) is 0 Å². The van der Waals surface area contributed by atoms with Crippen molar-refractivity contribution in [2.45, 2.75) is 19.5 Å². The summed E-state index contributed by atoms with van der Waals surface area (Å²) in [4.78, 5) is 21.1. The Balaban J connectivity index is 1.35. The Morgan fingerprint density at radius 1 is 1.16 bits per heavy atom. The van der Waals surface area contributed by atoms with Gasteiger partial charge in [0.25, 0.3) is 5.91 Å². The number of ether oxygens (including phenoxy) is 1. The van der Waals surface area contributed by atoms with Crippen LogP contribution in [0.5, 0.6) is 5.75 Å². The van der Waals surface area contributed by atoms with Gasteiger partial charge in [0, 0.05) is 23.5 Å². The second-order valence-electron chi connectivity index (χ2n) is 6.89. The molecule has 0 saturated carbocycles. The lowest BCUT2D eigenvalue weighted by Crippen LogP contribution is -2.25. The SMILES string of the molecule is Cc1c(C(=O)NCCCOc2cccc3cccnc23)sc2nc(C(F)(F)F)ccc12. The van der Waals surface area contributed by atoms with Crippen LogP contribution in [-0.2, 0) is 6.18 Å². The molecule has 5 nitrogen and oxygen atoms in total. The van der Waals surface area contributed by atoms with Crippen LogP contribution in [0.1, 0.15) is 27.3 Å². The topological polar surface area (TPSA) is 64.1 Å². The summed E-state index contributed by atoms with van der Waals surface area (Å²) in [6, 6.07) is 11.8. The van der Waals surface area contributed by atoms with Crippen molar-refractivity contribution >= 4 is 38.4 Å². The Morgan fingerprint density at radius 3 is 2.77 bits per heavy atom. The van der Waals surface area contributed by atoms with Crippen molar-refractivity contribution in [3.63, 3.8) is 0 Å². The number of hydrogen-bond acceptors (Lipinski definition) is 5. The molecule has 4 rings (SSSR count). The summed E-state index contributed by atoms with van der Waals surface area (Å²) in [5, 5.41) is 4.33. The van der Waals surface area contributed by atoms with Crippen molar-refractivity contribution in [1.82, 2.24) is 15.3 Å². The summed E-state index contributed by atoms with van der Waals surface area (Å²) >= 11 is 0.962. The second-order valence-corrected chi connectivity index (χ2v) is 7.89. The number of carbonyl (C=O) groups is 1. The maximum atomic E-state index is 12.9. The summed E-state index contributed by atoms with van der Waals surface area (Å²) in [5.74, 6) is 0.345. The Kier molecular flexibility index (Phi) is 5.77. The van der Waals surface area contributed by atoms with Gasteiger partial charge in [-0.15, -0.1) is 11.3 Å². The maximum absolute atomic E-state index is 12.9. The summed E-state index contributed by atoms with van der Waals surface area (Å²) in [6.07, 6.45) is -2.25. The summed E-state index contributed by atoms with van der Waals surface area (Å²) < 4.78 is 44.4. The number of rotatable bonds is 6. The quantitative estimate of drug-likeness (QED) is 0.405. The lowest BCUT2D eigenvalue weighted by Gasteiger charge is -2.09. The zero-order valence-corrected chi connectivity index (χ0v) is 17.3. The number of halogens is 3. The van der Waals surface area contributed by atoms with E-state index in [2.05, 4.69) is 15.3 Å². The van der Waals surface area contributed by atoms with Crippen LogP contribution in [0.25, 0.3) is 21.1 Å². The molecule has 0 bridgehead atoms. The fraction of sp³-hybridized carbons (Fsp3) is 0.227. The summed E-state index contributed by atoms with van der Waals surface area (Å²) in [7, 11) is 0. The Hall–Kier alpha value is -3.20. The van der Waals surface area contributed by atoms with Crippen molar-refractivity contribution < 1.29 is 22.7 Å². The molecule has 0 fully saturated rings. The molecule has 3 heterocycles. The first-order valence-electron chi connectivity index (χ1n) is 9.56. The standard InChI is InChI=1S/C22H18F3N3O2S/c1-13-15-8-9-17(22(23,24)25)28-21(15)31-19(13)20(29)27-11-4-12-30-16-7-2-5-14-6-3-10-26-18(14)16/h2-3,5-10H,4,11-12H2,1H3,(H,27,29). The van der Waals surface area contributed by atoms with Gasteiger partial charge in [-0.25, -0.2) is 4.98 Å². The van der Waals surface area contributed by atoms with E-state index in [-0.39, 0.29) is 10.7 Å². The molecule has 0 radical (unpaired) electrons. The van der Waals surface area contributed by atoms with Crippen molar-refractivity contribution in [2.75, 3.05) is 13.2 Å². The smallest absolute Gasteiger partial charge is 0.433 e. The number of pyridine rings is 2. The first-order chi connectivity index (χ1) is 14.8. The number of nitrogens with zero attached hydrogens (tertiary/aromatic N) is 2. The van der Waals surface area contributed by atoms with Crippen LogP contribution in [0, 0.1) is 6.92 Å². The lowest BCUT2D eigenvalue weighted by atomic mass is 10.2. The number of benzene rings is 1. The maximum Gasteiger partial charge on any atom is 0.433 e. The fourth-order valence-electron chi connectivity index (χ4n) is 3.20. The average molecular weight is 445 g/mol. The fourth-order valence-corrected chi connectivity index (χ4v) is 4.30. The first-order valence-corrected chi connectivity index (χ1v) is 10.4. The Bertz CT molecular complexity index is 1250. The second kappa shape index (κ2) is 8.50. The van der Waals surface area contributed by atoms with Gasteiger partial charge >= 0.3 is 6.18 Å². The number of para-hydroxylation sites is 1. The molecule has 0 aliphatic carbocycles. The zero-order chi connectivity index (χ0) is 22.0. The summed E-state index contributed by atoms with van der Waals surface area (Å²) in [6.45, 7) is 2.46. The number of alkyl halides is 3. The molecular formula is C22H18F3N3O2S. The van der Waals surface area contributed by atoms with E-state index in [9.17, 15) is 18.0 Å². The third kappa shape index (κ3) is 4.46. The van der Waals surface area contributed by atoms with Gasteiger partial charge in [0.2, 0.25) is 0 Å². The number of thiophene rings is 1. The molecule has 1 amide bonds. The first kappa shape index (κ1) is 21.0. The molecule has 4 aromatic rings. The molecule has 0 aliphatic heterocycles.